The van der Waals surface area contributed by atoms with Crippen LogP contribution in [0, 0.1) is 5.82 Å². The maximum absolute atomic E-state index is 15.1. The topological polar surface area (TPSA) is 73.5 Å². The zero-order chi connectivity index (χ0) is 24.6. The Hall–Kier alpha value is -3.91. The minimum atomic E-state index is -0.651. The second-order valence-corrected chi connectivity index (χ2v) is 8.33. The Balaban J connectivity index is 1.87. The van der Waals surface area contributed by atoms with E-state index in [1.165, 1.54) is 27.2 Å². The molecule has 7 nitrogen and oxygen atoms in total. The van der Waals surface area contributed by atoms with E-state index in [-0.39, 0.29) is 28.5 Å². The highest BCUT2D eigenvalue weighted by molar-refractivity contribution is 6.31. The van der Waals surface area contributed by atoms with Gasteiger partial charge in [0.25, 0.3) is 5.91 Å². The van der Waals surface area contributed by atoms with Gasteiger partial charge in [0, 0.05) is 24.7 Å². The molecule has 0 N–H and O–H groups in total. The second kappa shape index (κ2) is 9.15. The van der Waals surface area contributed by atoms with Gasteiger partial charge < -0.3 is 9.64 Å². The van der Waals surface area contributed by atoms with E-state index in [0.29, 0.717) is 22.4 Å². The van der Waals surface area contributed by atoms with Gasteiger partial charge in [-0.3, -0.25) is 13.9 Å². The predicted molar refractivity (Wildman–Crippen MR) is 127 cm³/mol. The Bertz CT molecular complexity index is 1470. The minimum Gasteiger partial charge on any atom is -0.465 e. The van der Waals surface area contributed by atoms with E-state index in [9.17, 15) is 14.4 Å². The zero-order valence-corrected chi connectivity index (χ0v) is 19.5. The number of nitrogens with zero attached hydrogens (tertiary/aromatic N) is 3. The van der Waals surface area contributed by atoms with Gasteiger partial charge in [-0.25, -0.2) is 14.0 Å². The van der Waals surface area contributed by atoms with Crippen molar-refractivity contribution in [1.29, 1.82) is 0 Å². The third kappa shape index (κ3) is 4.20. The molecule has 1 heterocycles. The SMILES string of the molecule is COC(=O)c1cccc(Cn2c(=O)n(-c3ccc(C(=O)N(C)C)cc3)c3cc(Cl)cc(F)c32)c1. The van der Waals surface area contributed by atoms with Crippen molar-refractivity contribution in [2.75, 3.05) is 21.2 Å². The molecular formula is C25H21ClFN3O4. The number of hydrogen-bond donors (Lipinski definition) is 0. The van der Waals surface area contributed by atoms with Gasteiger partial charge >= 0.3 is 11.7 Å². The number of esters is 1. The molecule has 4 aromatic rings. The Morgan fingerprint density at radius 2 is 1.74 bits per heavy atom. The summed E-state index contributed by atoms with van der Waals surface area (Å²) in [6.45, 7) is 0.0168. The monoisotopic (exact) mass is 481 g/mol. The van der Waals surface area contributed by atoms with E-state index in [1.807, 2.05) is 0 Å². The molecule has 0 bridgehead atoms. The van der Waals surface area contributed by atoms with Crippen LogP contribution >= 0.6 is 11.6 Å². The molecule has 0 radical (unpaired) electrons. The molecule has 1 amide bonds. The molecule has 4 rings (SSSR count). The lowest BCUT2D eigenvalue weighted by molar-refractivity contribution is 0.0600. The van der Waals surface area contributed by atoms with Crippen LogP contribution in [0.2, 0.25) is 5.02 Å². The smallest absolute Gasteiger partial charge is 0.337 e. The highest BCUT2D eigenvalue weighted by Gasteiger charge is 2.20. The number of aromatic nitrogens is 2. The van der Waals surface area contributed by atoms with Crippen LogP contribution in [0.15, 0.2) is 65.5 Å². The molecule has 0 aliphatic heterocycles. The van der Waals surface area contributed by atoms with Crippen LogP contribution in [0.5, 0.6) is 0 Å². The van der Waals surface area contributed by atoms with E-state index < -0.39 is 17.5 Å². The molecule has 0 saturated heterocycles. The number of methoxy groups -OCH3 is 1. The van der Waals surface area contributed by atoms with Gasteiger partial charge in [-0.15, -0.1) is 0 Å². The Labute approximate surface area is 199 Å². The van der Waals surface area contributed by atoms with Crippen LogP contribution < -0.4 is 5.69 Å². The molecule has 34 heavy (non-hydrogen) atoms. The molecule has 174 valence electrons. The van der Waals surface area contributed by atoms with Crippen molar-refractivity contribution in [1.82, 2.24) is 14.0 Å². The Morgan fingerprint density at radius 1 is 1.03 bits per heavy atom. The maximum Gasteiger partial charge on any atom is 0.337 e. The van der Waals surface area contributed by atoms with Gasteiger partial charge in [-0.05, 0) is 54.1 Å². The number of amides is 1. The number of benzene rings is 3. The fourth-order valence-corrected chi connectivity index (χ4v) is 4.01. The van der Waals surface area contributed by atoms with Crippen LogP contribution in [0.3, 0.4) is 0 Å². The van der Waals surface area contributed by atoms with Crippen molar-refractivity contribution in [3.05, 3.63) is 98.7 Å². The highest BCUT2D eigenvalue weighted by Crippen LogP contribution is 2.26. The number of imidazole rings is 1. The lowest BCUT2D eigenvalue weighted by Crippen LogP contribution is -2.24. The summed E-state index contributed by atoms with van der Waals surface area (Å²) >= 11 is 6.11. The first-order valence-electron chi connectivity index (χ1n) is 10.3. The molecule has 0 unspecified atom stereocenters. The summed E-state index contributed by atoms with van der Waals surface area (Å²) in [4.78, 5) is 39.1. The largest absolute Gasteiger partial charge is 0.465 e. The molecule has 3 aromatic carbocycles. The van der Waals surface area contributed by atoms with Gasteiger partial charge in [0.2, 0.25) is 0 Å². The lowest BCUT2D eigenvalue weighted by Gasteiger charge is -2.11. The van der Waals surface area contributed by atoms with Crippen LogP contribution in [0.1, 0.15) is 26.3 Å². The maximum atomic E-state index is 15.1. The van der Waals surface area contributed by atoms with E-state index >= 15 is 4.39 Å². The number of carbonyl (C=O) groups is 2. The number of fused-ring (bicyclic) bond motifs is 1. The number of hydrogen-bond acceptors (Lipinski definition) is 4. The number of halogens is 2. The van der Waals surface area contributed by atoms with E-state index in [2.05, 4.69) is 0 Å². The van der Waals surface area contributed by atoms with Gasteiger partial charge in [0.1, 0.15) is 5.52 Å². The first-order valence-corrected chi connectivity index (χ1v) is 10.7. The van der Waals surface area contributed by atoms with Gasteiger partial charge in [0.15, 0.2) is 5.82 Å². The normalized spacial score (nSPS) is 11.0. The molecule has 1 aromatic heterocycles. The van der Waals surface area contributed by atoms with Gasteiger partial charge in [-0.1, -0.05) is 23.7 Å². The predicted octanol–water partition coefficient (Wildman–Crippen LogP) is 4.12. The van der Waals surface area contributed by atoms with Crippen molar-refractivity contribution in [3.8, 4) is 5.69 Å². The standard InChI is InChI=1S/C25H21ClFN3O4/c1-28(2)23(31)16-7-9-19(10-8-16)30-21-13-18(26)12-20(27)22(21)29(25(30)33)14-15-5-4-6-17(11-15)24(32)34-3/h4-13H,14H2,1-3H3. The first-order chi connectivity index (χ1) is 16.2. The molecular weight excluding hydrogens is 461 g/mol. The molecule has 0 aliphatic rings. The average Bonchev–Trinajstić information content (AvgIpc) is 3.09. The summed E-state index contributed by atoms with van der Waals surface area (Å²) in [5, 5.41) is 0.142. The molecule has 9 heteroatoms. The van der Waals surface area contributed by atoms with E-state index in [4.69, 9.17) is 16.3 Å². The van der Waals surface area contributed by atoms with Crippen LogP contribution in [-0.4, -0.2) is 47.1 Å². The molecule has 0 spiro atoms. The van der Waals surface area contributed by atoms with Crippen molar-refractivity contribution in [3.63, 3.8) is 0 Å². The average molecular weight is 482 g/mol. The summed E-state index contributed by atoms with van der Waals surface area (Å²) < 4.78 is 22.4. The fraction of sp³-hybridized carbons (Fsp3) is 0.160. The van der Waals surface area contributed by atoms with Crippen LogP contribution in [0.25, 0.3) is 16.7 Å². The van der Waals surface area contributed by atoms with Crippen LogP contribution in [0.4, 0.5) is 4.39 Å². The van der Waals surface area contributed by atoms with Gasteiger partial charge in [-0.2, -0.15) is 0 Å². The van der Waals surface area contributed by atoms with E-state index in [1.54, 1.807) is 62.6 Å². The second-order valence-electron chi connectivity index (χ2n) is 7.90. The van der Waals surface area contributed by atoms with Crippen molar-refractivity contribution in [2.45, 2.75) is 6.54 Å². The van der Waals surface area contributed by atoms with E-state index in [0.717, 1.165) is 6.07 Å². The zero-order valence-electron chi connectivity index (χ0n) is 18.7. The third-order valence-corrected chi connectivity index (χ3v) is 5.63. The minimum absolute atomic E-state index is 0.0168. The summed E-state index contributed by atoms with van der Waals surface area (Å²) in [7, 11) is 4.58. The Morgan fingerprint density at radius 3 is 2.38 bits per heavy atom. The molecule has 0 atom stereocenters. The molecule has 0 fully saturated rings. The lowest BCUT2D eigenvalue weighted by atomic mass is 10.1. The third-order valence-electron chi connectivity index (χ3n) is 5.41. The highest BCUT2D eigenvalue weighted by atomic mass is 35.5. The van der Waals surface area contributed by atoms with Crippen molar-refractivity contribution < 1.29 is 18.7 Å². The summed E-state index contributed by atoms with van der Waals surface area (Å²) in [5.41, 5.74) is 1.71. The quantitative estimate of drug-likeness (QED) is 0.402. The number of ether oxygens (including phenoxy) is 1. The molecule has 0 aliphatic carbocycles. The number of carbonyl (C=O) groups excluding carboxylic acids is 2. The summed E-state index contributed by atoms with van der Waals surface area (Å²) in [6, 6.07) is 15.7. The summed E-state index contributed by atoms with van der Waals surface area (Å²) in [6.07, 6.45) is 0. The van der Waals surface area contributed by atoms with Crippen LogP contribution in [-0.2, 0) is 11.3 Å². The number of rotatable bonds is 5. The fourth-order valence-electron chi connectivity index (χ4n) is 3.81. The Kier molecular flexibility index (Phi) is 6.26. The molecule has 0 saturated carbocycles. The first kappa shape index (κ1) is 23.3. The van der Waals surface area contributed by atoms with Crippen molar-refractivity contribution in [2.24, 2.45) is 0 Å². The van der Waals surface area contributed by atoms with Gasteiger partial charge in [0.05, 0.1) is 30.4 Å². The summed E-state index contributed by atoms with van der Waals surface area (Å²) in [5.74, 6) is -1.34. The van der Waals surface area contributed by atoms with Crippen molar-refractivity contribution >= 4 is 34.5 Å².